The average molecular weight is 322 g/mol. The molecule has 24 heavy (non-hydrogen) atoms. The van der Waals surface area contributed by atoms with Gasteiger partial charge in [0, 0.05) is 6.07 Å². The van der Waals surface area contributed by atoms with E-state index < -0.39 is 0 Å². The standard InChI is InChI=1S/C22H25FN/c1-13(2)18-8-7-17-9-10-24(6)22(19(17)12-18)20-16(5)14(3)11-15(4)21(20)23/h7-13H,1-6H3/q+1. The molecule has 1 aromatic heterocycles. The highest BCUT2D eigenvalue weighted by Gasteiger charge is 2.23. The molecule has 2 heteroatoms. The lowest BCUT2D eigenvalue weighted by Gasteiger charge is -2.14. The molecule has 0 unspecified atom stereocenters. The van der Waals surface area contributed by atoms with Gasteiger partial charge in [-0.05, 0) is 60.4 Å². The Balaban J connectivity index is 2.46. The highest BCUT2D eigenvalue weighted by atomic mass is 19.1. The molecule has 124 valence electrons. The van der Waals surface area contributed by atoms with Crippen molar-refractivity contribution in [2.75, 3.05) is 0 Å². The normalized spacial score (nSPS) is 11.5. The summed E-state index contributed by atoms with van der Waals surface area (Å²) in [6.07, 6.45) is 2.02. The lowest BCUT2D eigenvalue weighted by atomic mass is 9.92. The predicted octanol–water partition coefficient (Wildman–Crippen LogP) is 5.52. The second kappa shape index (κ2) is 6.01. The van der Waals surface area contributed by atoms with Gasteiger partial charge in [-0.3, -0.25) is 0 Å². The number of nitrogens with zero attached hydrogens (tertiary/aromatic N) is 1. The molecular formula is C22H25FN+. The molecule has 0 aliphatic carbocycles. The number of rotatable bonds is 2. The van der Waals surface area contributed by atoms with Crippen LogP contribution in [0.15, 0.2) is 36.5 Å². The number of benzene rings is 2. The van der Waals surface area contributed by atoms with E-state index in [0.29, 0.717) is 11.5 Å². The van der Waals surface area contributed by atoms with Crippen LogP contribution in [0, 0.1) is 26.6 Å². The van der Waals surface area contributed by atoms with Gasteiger partial charge in [-0.25, -0.2) is 8.96 Å². The fourth-order valence-corrected chi connectivity index (χ4v) is 3.39. The van der Waals surface area contributed by atoms with Gasteiger partial charge in [-0.1, -0.05) is 32.0 Å². The zero-order valence-electron chi connectivity index (χ0n) is 15.4. The minimum atomic E-state index is -0.115. The van der Waals surface area contributed by atoms with Gasteiger partial charge in [0.2, 0.25) is 5.69 Å². The third kappa shape index (κ3) is 2.60. The number of aromatic nitrogens is 1. The molecule has 2 aromatic carbocycles. The van der Waals surface area contributed by atoms with Gasteiger partial charge < -0.3 is 0 Å². The highest BCUT2D eigenvalue weighted by molar-refractivity contribution is 5.94. The Kier molecular flexibility index (Phi) is 4.16. The second-order valence-electron chi connectivity index (χ2n) is 7.10. The van der Waals surface area contributed by atoms with E-state index in [1.807, 2.05) is 37.7 Å². The number of pyridine rings is 1. The number of aryl methyl sites for hydroxylation is 3. The summed E-state index contributed by atoms with van der Waals surface area (Å²) < 4.78 is 17.1. The van der Waals surface area contributed by atoms with Crippen molar-refractivity contribution in [3.05, 3.63) is 64.6 Å². The zero-order chi connectivity index (χ0) is 17.6. The summed E-state index contributed by atoms with van der Waals surface area (Å²) in [6.45, 7) is 10.3. The Labute approximate surface area is 143 Å². The van der Waals surface area contributed by atoms with Crippen molar-refractivity contribution in [1.82, 2.24) is 0 Å². The monoisotopic (exact) mass is 322 g/mol. The van der Waals surface area contributed by atoms with E-state index in [9.17, 15) is 0 Å². The van der Waals surface area contributed by atoms with Crippen molar-refractivity contribution >= 4 is 10.8 Å². The van der Waals surface area contributed by atoms with Crippen LogP contribution in [0.25, 0.3) is 22.0 Å². The van der Waals surface area contributed by atoms with E-state index in [2.05, 4.69) is 45.0 Å². The van der Waals surface area contributed by atoms with Crippen LogP contribution in [0.2, 0.25) is 0 Å². The van der Waals surface area contributed by atoms with Crippen LogP contribution >= 0.6 is 0 Å². The summed E-state index contributed by atoms with van der Waals surface area (Å²) in [5.74, 6) is 0.328. The van der Waals surface area contributed by atoms with E-state index in [-0.39, 0.29) is 5.82 Å². The van der Waals surface area contributed by atoms with Gasteiger partial charge in [0.15, 0.2) is 6.20 Å². The Morgan fingerprint density at radius 3 is 2.33 bits per heavy atom. The third-order valence-corrected chi connectivity index (χ3v) is 5.03. The first-order chi connectivity index (χ1) is 11.3. The van der Waals surface area contributed by atoms with E-state index in [1.54, 1.807) is 0 Å². The molecule has 0 atom stereocenters. The van der Waals surface area contributed by atoms with Gasteiger partial charge in [0.25, 0.3) is 0 Å². The maximum Gasteiger partial charge on any atom is 0.223 e. The lowest BCUT2D eigenvalue weighted by Crippen LogP contribution is -2.31. The Morgan fingerprint density at radius 2 is 1.67 bits per heavy atom. The summed E-state index contributed by atoms with van der Waals surface area (Å²) in [7, 11) is 1.99. The fourth-order valence-electron chi connectivity index (χ4n) is 3.39. The summed E-state index contributed by atoms with van der Waals surface area (Å²) >= 11 is 0. The highest BCUT2D eigenvalue weighted by Crippen LogP contribution is 2.34. The van der Waals surface area contributed by atoms with Crippen LogP contribution in [-0.4, -0.2) is 0 Å². The Bertz CT molecular complexity index is 912. The molecule has 0 aliphatic heterocycles. The maximum absolute atomic E-state index is 15.1. The Morgan fingerprint density at radius 1 is 0.958 bits per heavy atom. The molecule has 3 aromatic rings. The SMILES string of the molecule is Cc1cc(C)c(F)c(-c2c3cc(C(C)C)ccc3cc[n+]2C)c1C. The van der Waals surface area contributed by atoms with Crippen LogP contribution in [0.1, 0.15) is 42.0 Å². The largest absolute Gasteiger partial charge is 0.223 e. The van der Waals surface area contributed by atoms with Crippen LogP contribution in [-0.2, 0) is 7.05 Å². The smallest absolute Gasteiger partial charge is 0.206 e. The number of fused-ring (bicyclic) bond motifs is 1. The third-order valence-electron chi connectivity index (χ3n) is 5.03. The molecule has 0 N–H and O–H groups in total. The van der Waals surface area contributed by atoms with Gasteiger partial charge in [0.1, 0.15) is 12.9 Å². The van der Waals surface area contributed by atoms with Gasteiger partial charge in [-0.2, -0.15) is 0 Å². The molecule has 1 nitrogen and oxygen atoms in total. The van der Waals surface area contributed by atoms with Gasteiger partial charge in [0.05, 0.1) is 10.9 Å². The number of halogens is 1. The first-order valence-corrected chi connectivity index (χ1v) is 8.50. The van der Waals surface area contributed by atoms with Crippen LogP contribution in [0.3, 0.4) is 0 Å². The molecule has 0 bridgehead atoms. The van der Waals surface area contributed by atoms with Crippen LogP contribution in [0.4, 0.5) is 4.39 Å². The first kappa shape index (κ1) is 16.6. The zero-order valence-corrected chi connectivity index (χ0v) is 15.4. The average Bonchev–Trinajstić information content (AvgIpc) is 2.54. The molecule has 0 saturated carbocycles. The van der Waals surface area contributed by atoms with Crippen molar-refractivity contribution < 1.29 is 8.96 Å². The topological polar surface area (TPSA) is 3.88 Å². The second-order valence-corrected chi connectivity index (χ2v) is 7.10. The predicted molar refractivity (Wildman–Crippen MR) is 98.8 cm³/mol. The molecular weight excluding hydrogens is 297 g/mol. The summed E-state index contributed by atoms with van der Waals surface area (Å²) in [4.78, 5) is 0. The van der Waals surface area contributed by atoms with Gasteiger partial charge in [-0.15, -0.1) is 0 Å². The molecule has 0 spiro atoms. The minimum Gasteiger partial charge on any atom is -0.206 e. The van der Waals surface area contributed by atoms with Crippen LogP contribution in [0.5, 0.6) is 0 Å². The van der Waals surface area contributed by atoms with Gasteiger partial charge >= 0.3 is 0 Å². The first-order valence-electron chi connectivity index (χ1n) is 8.50. The lowest BCUT2D eigenvalue weighted by molar-refractivity contribution is -0.659. The van der Waals surface area contributed by atoms with E-state index in [4.69, 9.17) is 0 Å². The van der Waals surface area contributed by atoms with E-state index in [0.717, 1.165) is 33.2 Å². The Hall–Kier alpha value is -2.22. The summed E-state index contributed by atoms with van der Waals surface area (Å²) in [5, 5.41) is 2.25. The number of hydrogen-bond acceptors (Lipinski definition) is 0. The number of hydrogen-bond donors (Lipinski definition) is 0. The molecule has 0 amide bonds. The van der Waals surface area contributed by atoms with Crippen molar-refractivity contribution in [1.29, 1.82) is 0 Å². The maximum atomic E-state index is 15.1. The van der Waals surface area contributed by atoms with Crippen molar-refractivity contribution in [2.45, 2.75) is 40.5 Å². The molecule has 0 radical (unpaired) electrons. The molecule has 0 aliphatic rings. The summed E-state index contributed by atoms with van der Waals surface area (Å²) in [5.41, 5.74) is 5.79. The molecule has 0 fully saturated rings. The van der Waals surface area contributed by atoms with Crippen molar-refractivity contribution in [2.24, 2.45) is 7.05 Å². The fraction of sp³-hybridized carbons (Fsp3) is 0.318. The summed E-state index contributed by atoms with van der Waals surface area (Å²) in [6, 6.07) is 10.6. The quantitative estimate of drug-likeness (QED) is 0.547. The molecule has 0 saturated heterocycles. The molecule has 1 heterocycles. The van der Waals surface area contributed by atoms with Crippen molar-refractivity contribution in [3.63, 3.8) is 0 Å². The van der Waals surface area contributed by atoms with Crippen LogP contribution < -0.4 is 4.57 Å². The molecule has 3 rings (SSSR count). The minimum absolute atomic E-state index is 0.115. The van der Waals surface area contributed by atoms with E-state index in [1.165, 1.54) is 5.56 Å². The van der Waals surface area contributed by atoms with Crippen molar-refractivity contribution in [3.8, 4) is 11.3 Å². The van der Waals surface area contributed by atoms with E-state index >= 15 is 4.39 Å².